The predicted molar refractivity (Wildman–Crippen MR) is 97.1 cm³/mol. The van der Waals surface area contributed by atoms with Crippen molar-refractivity contribution in [3.05, 3.63) is 77.0 Å². The number of benzene rings is 2. The fraction of sp³-hybridized carbons (Fsp3) is 0.0526. The van der Waals surface area contributed by atoms with Crippen molar-refractivity contribution in [2.75, 3.05) is 7.11 Å². The number of amides is 2. The van der Waals surface area contributed by atoms with Crippen molar-refractivity contribution in [1.82, 2.24) is 10.9 Å². The molecule has 0 bridgehead atoms. The molecule has 0 spiro atoms. The van der Waals surface area contributed by atoms with Crippen LogP contribution in [0, 0.1) is 0 Å². The number of hydrogen-bond acceptors (Lipinski definition) is 4. The first kappa shape index (κ1) is 17.6. The molecule has 7 heteroatoms. The molecule has 0 atom stereocenters. The van der Waals surface area contributed by atoms with Crippen molar-refractivity contribution in [2.24, 2.45) is 0 Å². The first-order valence-electron chi connectivity index (χ1n) is 7.68. The molecule has 6 nitrogen and oxygen atoms in total. The monoisotopic (exact) mass is 370 g/mol. The number of nitrogens with one attached hydrogen (secondary N) is 2. The summed E-state index contributed by atoms with van der Waals surface area (Å²) in [5.74, 6) is 0.106. The number of halogens is 1. The topological polar surface area (TPSA) is 80.6 Å². The summed E-state index contributed by atoms with van der Waals surface area (Å²) in [7, 11) is 1.54. The summed E-state index contributed by atoms with van der Waals surface area (Å²) in [5.41, 5.74) is 5.69. The molecule has 3 aromatic rings. The molecule has 0 saturated heterocycles. The highest BCUT2D eigenvalue weighted by atomic mass is 35.5. The smallest absolute Gasteiger partial charge is 0.305 e. The number of rotatable bonds is 4. The zero-order chi connectivity index (χ0) is 18.5. The van der Waals surface area contributed by atoms with Gasteiger partial charge in [-0.2, -0.15) is 0 Å². The summed E-state index contributed by atoms with van der Waals surface area (Å²) >= 11 is 6.11. The van der Waals surface area contributed by atoms with Gasteiger partial charge in [-0.3, -0.25) is 20.4 Å². The zero-order valence-electron chi connectivity index (χ0n) is 13.8. The van der Waals surface area contributed by atoms with E-state index in [9.17, 15) is 9.59 Å². The van der Waals surface area contributed by atoms with Gasteiger partial charge < -0.3 is 9.15 Å². The second kappa shape index (κ2) is 7.76. The molecule has 2 aromatic carbocycles. The number of carbonyl (C=O) groups excluding carboxylic acids is 2. The average molecular weight is 371 g/mol. The van der Waals surface area contributed by atoms with Gasteiger partial charge in [-0.05, 0) is 48.5 Å². The van der Waals surface area contributed by atoms with Gasteiger partial charge in [0.2, 0.25) is 0 Å². The van der Waals surface area contributed by atoms with Gasteiger partial charge in [-0.15, -0.1) is 0 Å². The lowest BCUT2D eigenvalue weighted by molar-refractivity contribution is 0.0831. The fourth-order valence-electron chi connectivity index (χ4n) is 2.26. The Morgan fingerprint density at radius 3 is 2.31 bits per heavy atom. The van der Waals surface area contributed by atoms with E-state index in [-0.39, 0.29) is 5.76 Å². The molecule has 0 saturated carbocycles. The minimum absolute atomic E-state index is 0.0509. The quantitative estimate of drug-likeness (QED) is 0.686. The summed E-state index contributed by atoms with van der Waals surface area (Å²) < 4.78 is 10.5. The molecular weight excluding hydrogens is 356 g/mol. The van der Waals surface area contributed by atoms with Crippen LogP contribution in [-0.4, -0.2) is 18.9 Å². The van der Waals surface area contributed by atoms with Gasteiger partial charge in [0.15, 0.2) is 5.76 Å². The minimum Gasteiger partial charge on any atom is -0.497 e. The number of ether oxygens (including phenoxy) is 1. The van der Waals surface area contributed by atoms with Crippen molar-refractivity contribution < 1.29 is 18.7 Å². The van der Waals surface area contributed by atoms with Gasteiger partial charge >= 0.3 is 5.91 Å². The number of furan rings is 1. The third kappa shape index (κ3) is 3.87. The second-order valence-corrected chi connectivity index (χ2v) is 5.69. The summed E-state index contributed by atoms with van der Waals surface area (Å²) in [6.07, 6.45) is 0. The summed E-state index contributed by atoms with van der Waals surface area (Å²) in [6, 6.07) is 16.8. The Bertz CT molecular complexity index is 935. The number of methoxy groups -OCH3 is 1. The van der Waals surface area contributed by atoms with Gasteiger partial charge in [-0.25, -0.2) is 0 Å². The van der Waals surface area contributed by atoms with Crippen molar-refractivity contribution >= 4 is 23.4 Å². The standard InChI is InChI=1S/C19H15ClN2O4/c1-25-13-8-6-12(7-9-13)18(23)21-22-19(24)17-11-10-16(26-17)14-4-2-3-5-15(14)20/h2-11H,1H3,(H,21,23)(H,22,24). The van der Waals surface area contributed by atoms with Crippen LogP contribution in [0.5, 0.6) is 5.75 Å². The van der Waals surface area contributed by atoms with E-state index >= 15 is 0 Å². The van der Waals surface area contributed by atoms with E-state index in [1.165, 1.54) is 13.2 Å². The van der Waals surface area contributed by atoms with E-state index in [1.807, 2.05) is 6.07 Å². The molecule has 0 aliphatic rings. The van der Waals surface area contributed by atoms with E-state index in [0.717, 1.165) is 0 Å². The minimum atomic E-state index is -0.579. The highest BCUT2D eigenvalue weighted by molar-refractivity contribution is 6.33. The maximum absolute atomic E-state index is 12.1. The zero-order valence-corrected chi connectivity index (χ0v) is 14.5. The van der Waals surface area contributed by atoms with Crippen LogP contribution in [0.1, 0.15) is 20.9 Å². The maximum atomic E-state index is 12.1. The van der Waals surface area contributed by atoms with E-state index in [1.54, 1.807) is 48.5 Å². The van der Waals surface area contributed by atoms with Crippen LogP contribution in [0.3, 0.4) is 0 Å². The Morgan fingerprint density at radius 2 is 1.62 bits per heavy atom. The van der Waals surface area contributed by atoms with Gasteiger partial charge in [0.05, 0.1) is 12.1 Å². The predicted octanol–water partition coefficient (Wildman–Crippen LogP) is 3.68. The highest BCUT2D eigenvalue weighted by Gasteiger charge is 2.15. The maximum Gasteiger partial charge on any atom is 0.305 e. The average Bonchev–Trinajstić information content (AvgIpc) is 3.16. The molecule has 2 N–H and O–H groups in total. The van der Waals surface area contributed by atoms with E-state index in [4.69, 9.17) is 20.8 Å². The number of hydrazine groups is 1. The molecule has 0 fully saturated rings. The van der Waals surface area contributed by atoms with Gasteiger partial charge in [0.25, 0.3) is 5.91 Å². The summed E-state index contributed by atoms with van der Waals surface area (Å²) in [6.45, 7) is 0. The molecule has 1 aromatic heterocycles. The van der Waals surface area contributed by atoms with E-state index < -0.39 is 11.8 Å². The highest BCUT2D eigenvalue weighted by Crippen LogP contribution is 2.28. The molecule has 0 radical (unpaired) electrons. The lowest BCUT2D eigenvalue weighted by Crippen LogP contribution is -2.41. The largest absolute Gasteiger partial charge is 0.497 e. The third-order valence-electron chi connectivity index (χ3n) is 3.61. The second-order valence-electron chi connectivity index (χ2n) is 5.28. The molecule has 1 heterocycles. The van der Waals surface area contributed by atoms with Crippen LogP contribution in [0.4, 0.5) is 0 Å². The molecule has 3 rings (SSSR count). The van der Waals surface area contributed by atoms with Crippen molar-refractivity contribution in [3.8, 4) is 17.1 Å². The first-order chi connectivity index (χ1) is 12.6. The number of hydrogen-bond donors (Lipinski definition) is 2. The van der Waals surface area contributed by atoms with Crippen LogP contribution in [0.2, 0.25) is 5.02 Å². The van der Waals surface area contributed by atoms with Crippen LogP contribution in [0.25, 0.3) is 11.3 Å². The molecule has 0 aliphatic heterocycles. The first-order valence-corrected chi connectivity index (χ1v) is 8.06. The fourth-order valence-corrected chi connectivity index (χ4v) is 2.48. The Labute approximate surface area is 154 Å². The summed E-state index contributed by atoms with van der Waals surface area (Å²) in [5, 5.41) is 0.515. The Morgan fingerprint density at radius 1 is 0.923 bits per heavy atom. The van der Waals surface area contributed by atoms with Crippen molar-refractivity contribution in [3.63, 3.8) is 0 Å². The van der Waals surface area contributed by atoms with Crippen LogP contribution < -0.4 is 15.6 Å². The molecule has 26 heavy (non-hydrogen) atoms. The van der Waals surface area contributed by atoms with Gasteiger partial charge in [0.1, 0.15) is 11.5 Å². The van der Waals surface area contributed by atoms with Crippen LogP contribution in [-0.2, 0) is 0 Å². The SMILES string of the molecule is COc1ccc(C(=O)NNC(=O)c2ccc(-c3ccccc3Cl)o2)cc1. The third-order valence-corrected chi connectivity index (χ3v) is 3.94. The Balaban J connectivity index is 1.63. The number of carbonyl (C=O) groups is 2. The Kier molecular flexibility index (Phi) is 5.24. The molecule has 2 amide bonds. The Hall–Kier alpha value is -3.25. The van der Waals surface area contributed by atoms with Crippen LogP contribution >= 0.6 is 11.6 Å². The summed E-state index contributed by atoms with van der Waals surface area (Å²) in [4.78, 5) is 24.2. The molecular formula is C19H15ClN2O4. The normalized spacial score (nSPS) is 10.2. The lowest BCUT2D eigenvalue weighted by Gasteiger charge is -2.06. The molecule has 0 unspecified atom stereocenters. The van der Waals surface area contributed by atoms with Crippen LogP contribution in [0.15, 0.2) is 65.1 Å². The van der Waals surface area contributed by atoms with Gasteiger partial charge in [-0.1, -0.05) is 23.7 Å². The van der Waals surface area contributed by atoms with Crippen molar-refractivity contribution in [1.29, 1.82) is 0 Å². The lowest BCUT2D eigenvalue weighted by atomic mass is 10.2. The molecule has 0 aliphatic carbocycles. The van der Waals surface area contributed by atoms with E-state index in [0.29, 0.717) is 27.7 Å². The van der Waals surface area contributed by atoms with Crippen molar-refractivity contribution in [2.45, 2.75) is 0 Å². The van der Waals surface area contributed by atoms with Gasteiger partial charge in [0, 0.05) is 11.1 Å². The van der Waals surface area contributed by atoms with E-state index in [2.05, 4.69) is 10.9 Å². The molecule has 132 valence electrons.